The predicted octanol–water partition coefficient (Wildman–Crippen LogP) is 13.4. The number of nitrogens with zero attached hydrogens (tertiary/aromatic N) is 2. The Hall–Kier alpha value is -0.600. The largest absolute Gasteiger partial charge is 0.294 e. The van der Waals surface area contributed by atoms with Crippen molar-refractivity contribution in [1.82, 2.24) is 9.80 Å². The maximum atomic E-state index is 3.16. The van der Waals surface area contributed by atoms with E-state index >= 15 is 0 Å². The van der Waals surface area contributed by atoms with Crippen LogP contribution in [0.4, 0.5) is 0 Å². The van der Waals surface area contributed by atoms with E-state index in [0.717, 1.165) is 71.8 Å². The third-order valence-electron chi connectivity index (χ3n) is 16.3. The minimum atomic E-state index is 0.851. The minimum Gasteiger partial charge on any atom is -0.294 e. The Bertz CT molecular complexity index is 913. The molecule has 7 aliphatic rings. The lowest BCUT2D eigenvalue weighted by molar-refractivity contribution is 0.0130. The molecule has 0 aromatic rings. The van der Waals surface area contributed by atoms with Gasteiger partial charge in [-0.3, -0.25) is 9.80 Å². The molecule has 0 N–H and O–H groups in total. The number of hydrogen-bond donors (Lipinski definition) is 0. The summed E-state index contributed by atoms with van der Waals surface area (Å²) in [6.45, 7) is 4.99. The highest BCUT2D eigenvalue weighted by molar-refractivity contribution is 5.02. The van der Waals surface area contributed by atoms with Gasteiger partial charge in [0.1, 0.15) is 0 Å². The molecule has 0 aromatic carbocycles. The van der Waals surface area contributed by atoms with Crippen molar-refractivity contribution in [3.05, 3.63) is 24.3 Å². The lowest BCUT2D eigenvalue weighted by Gasteiger charge is -2.48. The van der Waals surface area contributed by atoms with Gasteiger partial charge in [0.15, 0.2) is 0 Å². The molecule has 0 atom stereocenters. The minimum absolute atomic E-state index is 0.851. The zero-order chi connectivity index (χ0) is 34.1. The lowest BCUT2D eigenvalue weighted by atomic mass is 9.77. The van der Waals surface area contributed by atoms with Crippen molar-refractivity contribution < 1.29 is 0 Å². The van der Waals surface area contributed by atoms with Crippen LogP contribution >= 0.6 is 0 Å². The first-order valence-electron chi connectivity index (χ1n) is 23.5. The Kier molecular flexibility index (Phi) is 14.4. The van der Waals surface area contributed by atoms with Crippen LogP contribution in [0.2, 0.25) is 0 Å². The molecule has 0 radical (unpaired) electrons. The summed E-state index contributed by atoms with van der Waals surface area (Å²) in [5.74, 6) is 5.35. The van der Waals surface area contributed by atoms with E-state index in [0.29, 0.717) is 0 Å². The van der Waals surface area contributed by atoms with Gasteiger partial charge in [-0.2, -0.15) is 0 Å². The van der Waals surface area contributed by atoms with E-state index in [9.17, 15) is 0 Å². The van der Waals surface area contributed by atoms with E-state index in [-0.39, 0.29) is 0 Å². The molecule has 0 aliphatic heterocycles. The van der Waals surface area contributed by atoms with Crippen LogP contribution in [0.1, 0.15) is 206 Å². The van der Waals surface area contributed by atoms with Gasteiger partial charge in [0.2, 0.25) is 0 Å². The monoisotopic (exact) mass is 687 g/mol. The maximum absolute atomic E-state index is 3.16. The Labute approximate surface area is 311 Å². The summed E-state index contributed by atoms with van der Waals surface area (Å²) in [7, 11) is 0. The van der Waals surface area contributed by atoms with Crippen LogP contribution in [0.3, 0.4) is 0 Å². The average molecular weight is 687 g/mol. The zero-order valence-electron chi connectivity index (χ0n) is 33.3. The number of rotatable bonds is 10. The quantitative estimate of drug-likeness (QED) is 0.211. The van der Waals surface area contributed by atoms with Gasteiger partial charge < -0.3 is 0 Å². The Morgan fingerprint density at radius 3 is 0.760 bits per heavy atom. The Morgan fingerprint density at radius 2 is 0.480 bits per heavy atom. The van der Waals surface area contributed by atoms with Crippen molar-refractivity contribution in [2.24, 2.45) is 35.5 Å². The first kappa shape index (κ1) is 37.7. The van der Waals surface area contributed by atoms with Crippen molar-refractivity contribution >= 4 is 0 Å². The molecule has 0 spiro atoms. The second-order valence-electron chi connectivity index (χ2n) is 19.9. The molecule has 0 unspecified atom stereocenters. The molecule has 0 saturated heterocycles. The van der Waals surface area contributed by atoms with Crippen LogP contribution in [-0.2, 0) is 0 Å². The molecule has 7 saturated carbocycles. The third kappa shape index (κ3) is 10.3. The van der Waals surface area contributed by atoms with E-state index < -0.39 is 0 Å². The highest BCUT2D eigenvalue weighted by atomic mass is 15.2. The predicted molar refractivity (Wildman–Crippen MR) is 215 cm³/mol. The topological polar surface area (TPSA) is 6.48 Å². The molecule has 284 valence electrons. The van der Waals surface area contributed by atoms with Gasteiger partial charge >= 0.3 is 0 Å². The van der Waals surface area contributed by atoms with E-state index in [1.807, 2.05) is 0 Å². The van der Waals surface area contributed by atoms with Gasteiger partial charge in [0, 0.05) is 36.3 Å². The van der Waals surface area contributed by atoms with Crippen molar-refractivity contribution in [3.8, 4) is 0 Å². The van der Waals surface area contributed by atoms with E-state index in [1.54, 1.807) is 0 Å². The van der Waals surface area contributed by atoms with Crippen LogP contribution in [0, 0.1) is 35.5 Å². The smallest absolute Gasteiger partial charge is 0.0102 e. The van der Waals surface area contributed by atoms with Crippen molar-refractivity contribution in [3.63, 3.8) is 0 Å². The van der Waals surface area contributed by atoms with Gasteiger partial charge in [-0.25, -0.2) is 0 Å². The summed E-state index contributed by atoms with van der Waals surface area (Å²) in [6, 6.07) is 5.39. The standard InChI is InChI=1S/C48H82N2/c1-37-13-29-45(30-14-37)49(43-9-5-3-6-10-43)47-33-25-41(26-34-47)23-21-39-17-19-40(20-18-39)22-24-42-27-35-48(36-28-42)50(44-11-7-4-8-12-44)46-31-15-38(2)16-32-46/h21-24,37-48H,3-20,25-36H2,1-2H3. The maximum Gasteiger partial charge on any atom is 0.0102 e. The van der Waals surface area contributed by atoms with E-state index in [2.05, 4.69) is 48.0 Å². The van der Waals surface area contributed by atoms with Gasteiger partial charge in [-0.05, 0) is 190 Å². The lowest BCUT2D eigenvalue weighted by Crippen LogP contribution is -2.52. The first-order valence-corrected chi connectivity index (χ1v) is 23.5. The Balaban J connectivity index is 0.821. The average Bonchev–Trinajstić information content (AvgIpc) is 3.17. The molecule has 7 fully saturated rings. The van der Waals surface area contributed by atoms with E-state index in [1.165, 1.54) is 193 Å². The summed E-state index contributed by atoms with van der Waals surface area (Å²) in [5, 5.41) is 0. The molecule has 2 nitrogen and oxygen atoms in total. The second-order valence-corrected chi connectivity index (χ2v) is 19.9. The summed E-state index contributed by atoms with van der Waals surface area (Å²) in [4.78, 5) is 6.32. The molecule has 0 amide bonds. The molecule has 50 heavy (non-hydrogen) atoms. The molecule has 7 rings (SSSR count). The highest BCUT2D eigenvalue weighted by Crippen LogP contribution is 2.41. The summed E-state index contributed by atoms with van der Waals surface area (Å²) in [5.41, 5.74) is 0. The van der Waals surface area contributed by atoms with Crippen LogP contribution in [0.25, 0.3) is 0 Å². The summed E-state index contributed by atoms with van der Waals surface area (Å²) < 4.78 is 0. The van der Waals surface area contributed by atoms with Crippen molar-refractivity contribution in [2.75, 3.05) is 0 Å². The third-order valence-corrected chi connectivity index (χ3v) is 16.3. The molecular formula is C48H82N2. The first-order chi connectivity index (χ1) is 24.6. The van der Waals surface area contributed by atoms with Crippen LogP contribution in [0.15, 0.2) is 24.3 Å². The van der Waals surface area contributed by atoms with Gasteiger partial charge in [0.05, 0.1) is 0 Å². The molecule has 7 aliphatic carbocycles. The van der Waals surface area contributed by atoms with Gasteiger partial charge in [-0.1, -0.05) is 76.7 Å². The highest BCUT2D eigenvalue weighted by Gasteiger charge is 2.38. The normalized spacial score (nSPS) is 40.6. The van der Waals surface area contributed by atoms with Crippen LogP contribution in [-0.4, -0.2) is 46.1 Å². The number of hydrogen-bond acceptors (Lipinski definition) is 2. The molecule has 0 aromatic heterocycles. The molecule has 0 bridgehead atoms. The molecular weight excluding hydrogens is 605 g/mol. The fourth-order valence-electron chi connectivity index (χ4n) is 13.0. The summed E-state index contributed by atoms with van der Waals surface area (Å²) in [6.07, 6.45) is 55.0. The van der Waals surface area contributed by atoms with Crippen molar-refractivity contribution in [1.29, 1.82) is 0 Å². The van der Waals surface area contributed by atoms with Crippen LogP contribution in [0.5, 0.6) is 0 Å². The fraction of sp³-hybridized carbons (Fsp3) is 0.917. The number of allylic oxidation sites excluding steroid dienone is 4. The van der Waals surface area contributed by atoms with E-state index in [4.69, 9.17) is 0 Å². The SMILES string of the molecule is CC1CCC(N(C2CCCCC2)C2CCC(C=CC3CCC(C=CC4CCC(N(C5CCCCC5)C5CCC(C)CC5)CC4)CC3)CC2)CC1. The van der Waals surface area contributed by atoms with Crippen LogP contribution < -0.4 is 0 Å². The molecule has 0 heterocycles. The summed E-state index contributed by atoms with van der Waals surface area (Å²) >= 11 is 0. The fourth-order valence-corrected chi connectivity index (χ4v) is 13.0. The van der Waals surface area contributed by atoms with Gasteiger partial charge in [0.25, 0.3) is 0 Å². The van der Waals surface area contributed by atoms with Crippen molar-refractivity contribution in [2.45, 2.75) is 243 Å². The molecule has 2 heteroatoms. The Morgan fingerprint density at radius 1 is 0.260 bits per heavy atom. The van der Waals surface area contributed by atoms with Gasteiger partial charge in [-0.15, -0.1) is 0 Å². The zero-order valence-corrected chi connectivity index (χ0v) is 33.3. The second kappa shape index (κ2) is 19.1.